The lowest BCUT2D eigenvalue weighted by Gasteiger charge is -2.22. The van der Waals surface area contributed by atoms with Crippen LogP contribution in [0.3, 0.4) is 0 Å². The number of ether oxygens (including phenoxy) is 2. The summed E-state index contributed by atoms with van der Waals surface area (Å²) in [7, 11) is 3.13. The minimum absolute atomic E-state index is 0.364. The van der Waals surface area contributed by atoms with Gasteiger partial charge < -0.3 is 14.8 Å². The molecule has 1 aliphatic heterocycles. The van der Waals surface area contributed by atoms with E-state index in [1.807, 2.05) is 6.07 Å². The van der Waals surface area contributed by atoms with Gasteiger partial charge in [-0.05, 0) is 23.3 Å². The Labute approximate surface area is 88.2 Å². The average Bonchev–Trinajstić information content (AvgIpc) is 2.28. The van der Waals surface area contributed by atoms with Gasteiger partial charge in [0.15, 0.2) is 11.5 Å². The summed E-state index contributed by atoms with van der Waals surface area (Å²) < 4.78 is 23.9. The zero-order chi connectivity index (χ0) is 10.8. The molecule has 0 bridgehead atoms. The van der Waals surface area contributed by atoms with Gasteiger partial charge >= 0.3 is 0 Å². The van der Waals surface area contributed by atoms with E-state index in [4.69, 9.17) is 9.47 Å². The summed E-state index contributed by atoms with van der Waals surface area (Å²) in [5.41, 5.74) is 1.64. The van der Waals surface area contributed by atoms with Crippen molar-refractivity contribution in [3.8, 4) is 11.5 Å². The Kier molecular flexibility index (Phi) is 2.77. The molecule has 1 N–H and O–H groups in total. The fraction of sp³-hybridized carbons (Fsp3) is 0.455. The van der Waals surface area contributed by atoms with Crippen LogP contribution in [0.4, 0.5) is 4.39 Å². The van der Waals surface area contributed by atoms with Crippen molar-refractivity contribution in [3.63, 3.8) is 0 Å². The van der Waals surface area contributed by atoms with Gasteiger partial charge in [-0.1, -0.05) is 0 Å². The van der Waals surface area contributed by atoms with E-state index in [9.17, 15) is 4.39 Å². The highest BCUT2D eigenvalue weighted by Crippen LogP contribution is 2.35. The molecule has 1 unspecified atom stereocenters. The first-order chi connectivity index (χ1) is 7.26. The number of nitrogens with one attached hydrogen (secondary N) is 1. The van der Waals surface area contributed by atoms with E-state index in [0.29, 0.717) is 30.2 Å². The lowest BCUT2D eigenvalue weighted by atomic mass is 9.99. The maximum Gasteiger partial charge on any atom is 0.161 e. The van der Waals surface area contributed by atoms with Crippen molar-refractivity contribution >= 4 is 0 Å². The van der Waals surface area contributed by atoms with E-state index >= 15 is 0 Å². The van der Waals surface area contributed by atoms with E-state index in [1.54, 1.807) is 20.3 Å². The summed E-state index contributed by atoms with van der Waals surface area (Å²) in [4.78, 5) is 0. The molecule has 1 aromatic carbocycles. The predicted molar refractivity (Wildman–Crippen MR) is 55.1 cm³/mol. The number of benzene rings is 1. The Balaban J connectivity index is 2.48. The van der Waals surface area contributed by atoms with Gasteiger partial charge in [-0.25, -0.2) is 4.39 Å². The summed E-state index contributed by atoms with van der Waals surface area (Å²) in [5.74, 6) is 1.23. The molecule has 0 aliphatic carbocycles. The van der Waals surface area contributed by atoms with Crippen molar-refractivity contribution in [1.29, 1.82) is 0 Å². The second-order valence-corrected chi connectivity index (χ2v) is 3.50. The van der Waals surface area contributed by atoms with Crippen molar-refractivity contribution in [1.82, 2.24) is 5.32 Å². The SMILES string of the molecule is COc1cc2c(cc1OC)C(F)CNC2. The lowest BCUT2D eigenvalue weighted by molar-refractivity contribution is 0.304. The Morgan fingerprint density at radius 3 is 2.60 bits per heavy atom. The van der Waals surface area contributed by atoms with Crippen LogP contribution in [-0.2, 0) is 6.54 Å². The third-order valence-electron chi connectivity index (χ3n) is 2.62. The first-order valence-corrected chi connectivity index (χ1v) is 4.86. The third kappa shape index (κ3) is 1.77. The Bertz CT molecular complexity index is 368. The highest BCUT2D eigenvalue weighted by molar-refractivity contribution is 5.48. The van der Waals surface area contributed by atoms with Gasteiger partial charge in [0.25, 0.3) is 0 Å². The first kappa shape index (κ1) is 10.2. The van der Waals surface area contributed by atoms with E-state index in [2.05, 4.69) is 5.32 Å². The van der Waals surface area contributed by atoms with Gasteiger partial charge in [0.05, 0.1) is 14.2 Å². The van der Waals surface area contributed by atoms with Gasteiger partial charge in [0.1, 0.15) is 6.17 Å². The van der Waals surface area contributed by atoms with Gasteiger partial charge in [-0.15, -0.1) is 0 Å². The molecule has 1 aliphatic rings. The van der Waals surface area contributed by atoms with Crippen LogP contribution in [-0.4, -0.2) is 20.8 Å². The van der Waals surface area contributed by atoms with E-state index in [-0.39, 0.29) is 0 Å². The molecule has 15 heavy (non-hydrogen) atoms. The summed E-state index contributed by atoms with van der Waals surface area (Å²) in [6.45, 7) is 1.04. The highest BCUT2D eigenvalue weighted by atomic mass is 19.1. The number of hydrogen-bond donors (Lipinski definition) is 1. The molecule has 0 amide bonds. The van der Waals surface area contributed by atoms with Crippen LogP contribution in [0, 0.1) is 0 Å². The Morgan fingerprint density at radius 2 is 1.93 bits per heavy atom. The third-order valence-corrected chi connectivity index (χ3v) is 2.62. The number of halogens is 1. The van der Waals surface area contributed by atoms with Crippen LogP contribution in [0.15, 0.2) is 12.1 Å². The van der Waals surface area contributed by atoms with E-state index < -0.39 is 6.17 Å². The highest BCUT2D eigenvalue weighted by Gasteiger charge is 2.21. The van der Waals surface area contributed by atoms with Gasteiger partial charge in [-0.2, -0.15) is 0 Å². The Hall–Kier alpha value is -1.29. The molecule has 1 heterocycles. The molecule has 0 fully saturated rings. The molecule has 4 heteroatoms. The average molecular weight is 211 g/mol. The first-order valence-electron chi connectivity index (χ1n) is 4.86. The van der Waals surface area contributed by atoms with Crippen LogP contribution in [0.25, 0.3) is 0 Å². The van der Waals surface area contributed by atoms with E-state index in [1.165, 1.54) is 0 Å². The molecule has 1 atom stereocenters. The van der Waals surface area contributed by atoms with Gasteiger partial charge in [0.2, 0.25) is 0 Å². The molecule has 0 spiro atoms. The maximum atomic E-state index is 13.6. The molecular formula is C11H14FNO2. The summed E-state index contributed by atoms with van der Waals surface area (Å²) >= 11 is 0. The van der Waals surface area contributed by atoms with Gasteiger partial charge in [0, 0.05) is 13.1 Å². The quantitative estimate of drug-likeness (QED) is 0.809. The van der Waals surface area contributed by atoms with Crippen LogP contribution >= 0.6 is 0 Å². The molecule has 0 aromatic heterocycles. The number of methoxy groups -OCH3 is 2. The van der Waals surface area contributed by atoms with Crippen LogP contribution in [0.5, 0.6) is 11.5 Å². The van der Waals surface area contributed by atoms with Crippen molar-refractivity contribution in [2.45, 2.75) is 12.7 Å². The summed E-state index contributed by atoms with van der Waals surface area (Å²) in [6.07, 6.45) is -0.964. The van der Waals surface area contributed by atoms with Crippen LogP contribution < -0.4 is 14.8 Å². The zero-order valence-electron chi connectivity index (χ0n) is 8.84. The molecule has 82 valence electrons. The molecule has 3 nitrogen and oxygen atoms in total. The predicted octanol–water partition coefficient (Wildman–Crippen LogP) is 1.82. The van der Waals surface area contributed by atoms with Crippen molar-refractivity contribution in [3.05, 3.63) is 23.3 Å². The molecule has 0 radical (unpaired) electrons. The standard InChI is InChI=1S/C11H14FNO2/c1-14-10-3-7-5-13-6-9(12)8(7)4-11(10)15-2/h3-4,9,13H,5-6H2,1-2H3. The fourth-order valence-corrected chi connectivity index (χ4v) is 1.83. The van der Waals surface area contributed by atoms with Crippen LogP contribution in [0.1, 0.15) is 17.3 Å². The monoisotopic (exact) mass is 211 g/mol. The summed E-state index contributed by atoms with van der Waals surface area (Å²) in [5, 5.41) is 3.01. The topological polar surface area (TPSA) is 30.5 Å². The minimum atomic E-state index is -0.964. The molecule has 0 saturated carbocycles. The molecular weight excluding hydrogens is 197 g/mol. The molecule has 0 saturated heterocycles. The van der Waals surface area contributed by atoms with E-state index in [0.717, 1.165) is 5.56 Å². The lowest BCUT2D eigenvalue weighted by Crippen LogP contribution is -2.26. The normalized spacial score (nSPS) is 19.5. The number of fused-ring (bicyclic) bond motifs is 1. The minimum Gasteiger partial charge on any atom is -0.493 e. The summed E-state index contributed by atoms with van der Waals surface area (Å²) in [6, 6.07) is 3.55. The van der Waals surface area contributed by atoms with Crippen molar-refractivity contribution in [2.75, 3.05) is 20.8 Å². The zero-order valence-corrected chi connectivity index (χ0v) is 8.84. The smallest absolute Gasteiger partial charge is 0.161 e. The van der Waals surface area contributed by atoms with Crippen LogP contribution in [0.2, 0.25) is 0 Å². The number of rotatable bonds is 2. The van der Waals surface area contributed by atoms with Crippen molar-refractivity contribution in [2.24, 2.45) is 0 Å². The molecule has 2 rings (SSSR count). The molecule has 1 aromatic rings. The Morgan fingerprint density at radius 1 is 1.27 bits per heavy atom. The number of alkyl halides is 1. The second kappa shape index (κ2) is 4.06. The van der Waals surface area contributed by atoms with Gasteiger partial charge in [-0.3, -0.25) is 0 Å². The largest absolute Gasteiger partial charge is 0.493 e. The van der Waals surface area contributed by atoms with Crippen molar-refractivity contribution < 1.29 is 13.9 Å². The second-order valence-electron chi connectivity index (χ2n) is 3.50. The maximum absolute atomic E-state index is 13.6. The number of hydrogen-bond acceptors (Lipinski definition) is 3. The fourth-order valence-electron chi connectivity index (χ4n) is 1.83.